The third kappa shape index (κ3) is 1.77. The molecule has 0 spiro atoms. The molecular formula is C7H11BrF2OS. The van der Waals surface area contributed by atoms with Crippen LogP contribution in [0.5, 0.6) is 0 Å². The molecular weight excluding hydrogens is 250 g/mol. The average Bonchev–Trinajstić information content (AvgIpc) is 1.93. The molecule has 1 fully saturated rings. The van der Waals surface area contributed by atoms with E-state index in [1.807, 2.05) is 0 Å². The average molecular weight is 261 g/mol. The highest BCUT2D eigenvalue weighted by Gasteiger charge is 2.55. The van der Waals surface area contributed by atoms with E-state index in [-0.39, 0.29) is 6.42 Å². The lowest BCUT2D eigenvalue weighted by Gasteiger charge is -2.40. The van der Waals surface area contributed by atoms with E-state index in [0.29, 0.717) is 6.42 Å². The Hall–Kier alpha value is 0.650. The Kier molecular flexibility index (Phi) is 3.06. The van der Waals surface area contributed by atoms with Crippen molar-refractivity contribution in [2.75, 3.05) is 5.75 Å². The number of alkyl halides is 3. The molecule has 12 heavy (non-hydrogen) atoms. The summed E-state index contributed by atoms with van der Waals surface area (Å²) in [6, 6.07) is 0. The summed E-state index contributed by atoms with van der Waals surface area (Å²) in [6.07, 6.45) is 0.812. The van der Waals surface area contributed by atoms with Crippen LogP contribution in [0.15, 0.2) is 0 Å². The summed E-state index contributed by atoms with van der Waals surface area (Å²) >= 11 is 3.63. The molecule has 0 bridgehead atoms. The maximum atomic E-state index is 12.9. The summed E-state index contributed by atoms with van der Waals surface area (Å²) in [6.45, 7) is 1.64. The van der Waals surface area contributed by atoms with Gasteiger partial charge in [-0.25, -0.2) is 0 Å². The van der Waals surface area contributed by atoms with Crippen LogP contribution in [0.2, 0.25) is 0 Å². The highest BCUT2D eigenvalue weighted by molar-refractivity contribution is 9.10. The van der Waals surface area contributed by atoms with Crippen LogP contribution < -0.4 is 0 Å². The van der Waals surface area contributed by atoms with Crippen LogP contribution in [0.25, 0.3) is 0 Å². The Morgan fingerprint density at radius 3 is 2.58 bits per heavy atom. The maximum Gasteiger partial charge on any atom is 0.330 e. The van der Waals surface area contributed by atoms with Gasteiger partial charge in [-0.15, -0.1) is 0 Å². The number of rotatable bonds is 1. The van der Waals surface area contributed by atoms with E-state index in [2.05, 4.69) is 15.9 Å². The van der Waals surface area contributed by atoms with Gasteiger partial charge in [0.25, 0.3) is 0 Å². The lowest BCUT2D eigenvalue weighted by atomic mass is 9.94. The Balaban J connectivity index is 2.79. The number of hydrogen-bond acceptors (Lipinski definition) is 2. The van der Waals surface area contributed by atoms with Gasteiger partial charge in [-0.3, -0.25) is 0 Å². The van der Waals surface area contributed by atoms with Crippen LogP contribution in [0.4, 0.5) is 8.78 Å². The first kappa shape index (κ1) is 10.7. The van der Waals surface area contributed by atoms with Gasteiger partial charge in [-0.2, -0.15) is 20.5 Å². The van der Waals surface area contributed by atoms with E-state index in [1.165, 1.54) is 11.8 Å². The third-order valence-corrected chi connectivity index (χ3v) is 4.33. The fraction of sp³-hybridized carbons (Fsp3) is 1.00. The van der Waals surface area contributed by atoms with Crippen molar-refractivity contribution in [1.82, 2.24) is 0 Å². The first-order valence-corrected chi connectivity index (χ1v) is 5.63. The molecule has 0 aromatic carbocycles. The largest absolute Gasteiger partial charge is 0.381 e. The van der Waals surface area contributed by atoms with Gasteiger partial charge in [-0.1, -0.05) is 6.92 Å². The minimum absolute atomic E-state index is 0.166. The number of thioether (sulfide) groups is 1. The van der Waals surface area contributed by atoms with Crippen molar-refractivity contribution in [3.63, 3.8) is 0 Å². The molecule has 1 aliphatic rings. The zero-order valence-electron chi connectivity index (χ0n) is 6.69. The molecule has 2 unspecified atom stereocenters. The molecule has 72 valence electrons. The Morgan fingerprint density at radius 1 is 1.67 bits per heavy atom. The van der Waals surface area contributed by atoms with Gasteiger partial charge in [-0.05, 0) is 34.5 Å². The molecule has 0 amide bonds. The molecule has 2 atom stereocenters. The van der Waals surface area contributed by atoms with Crippen LogP contribution in [0.3, 0.4) is 0 Å². The highest BCUT2D eigenvalue weighted by atomic mass is 79.9. The molecule has 0 aromatic rings. The highest BCUT2D eigenvalue weighted by Crippen LogP contribution is 2.46. The Morgan fingerprint density at radius 2 is 2.25 bits per heavy atom. The first-order valence-electron chi connectivity index (χ1n) is 3.78. The summed E-state index contributed by atoms with van der Waals surface area (Å²) < 4.78 is 25.8. The predicted molar refractivity (Wildman–Crippen MR) is 50.0 cm³/mol. The SMILES string of the molecule is CC1SCCCC1(O)C(F)(F)Br. The van der Waals surface area contributed by atoms with Gasteiger partial charge in [0.05, 0.1) is 0 Å². The van der Waals surface area contributed by atoms with Crippen molar-refractivity contribution in [3.05, 3.63) is 0 Å². The van der Waals surface area contributed by atoms with Gasteiger partial charge in [0.2, 0.25) is 0 Å². The van der Waals surface area contributed by atoms with Crippen molar-refractivity contribution in [1.29, 1.82) is 0 Å². The van der Waals surface area contributed by atoms with E-state index in [0.717, 1.165) is 5.75 Å². The second-order valence-corrected chi connectivity index (χ2v) is 5.48. The molecule has 1 N–H and O–H groups in total. The number of halogens is 3. The fourth-order valence-electron chi connectivity index (χ4n) is 1.32. The monoisotopic (exact) mass is 260 g/mol. The molecule has 1 nitrogen and oxygen atoms in total. The molecule has 0 aromatic heterocycles. The van der Waals surface area contributed by atoms with Crippen molar-refractivity contribution in [2.45, 2.75) is 35.4 Å². The molecule has 0 saturated carbocycles. The van der Waals surface area contributed by atoms with E-state index in [9.17, 15) is 13.9 Å². The van der Waals surface area contributed by atoms with Crippen LogP contribution in [0.1, 0.15) is 19.8 Å². The van der Waals surface area contributed by atoms with Gasteiger partial charge in [0.1, 0.15) is 5.60 Å². The second kappa shape index (κ2) is 3.42. The molecule has 1 heterocycles. The Labute approximate surface area is 83.0 Å². The molecule has 1 aliphatic heterocycles. The van der Waals surface area contributed by atoms with Crippen molar-refractivity contribution < 1.29 is 13.9 Å². The second-order valence-electron chi connectivity index (χ2n) is 3.04. The quantitative estimate of drug-likeness (QED) is 0.732. The standard InChI is InChI=1S/C7H11BrF2OS/c1-5-6(11,7(8,9)10)3-2-4-12-5/h5,11H,2-4H2,1H3. The summed E-state index contributed by atoms with van der Waals surface area (Å²) in [5, 5.41) is 9.24. The summed E-state index contributed by atoms with van der Waals surface area (Å²) in [7, 11) is 0. The summed E-state index contributed by atoms with van der Waals surface area (Å²) in [5.41, 5.74) is -1.88. The predicted octanol–water partition coefficient (Wildman–Crippen LogP) is 2.62. The smallest absolute Gasteiger partial charge is 0.330 e. The van der Waals surface area contributed by atoms with E-state index in [1.54, 1.807) is 6.92 Å². The molecule has 0 radical (unpaired) electrons. The van der Waals surface area contributed by atoms with E-state index < -0.39 is 15.7 Å². The van der Waals surface area contributed by atoms with Gasteiger partial charge >= 0.3 is 4.83 Å². The zero-order valence-corrected chi connectivity index (χ0v) is 9.09. The fourth-order valence-corrected chi connectivity index (χ4v) is 3.21. The molecule has 5 heteroatoms. The van der Waals surface area contributed by atoms with E-state index >= 15 is 0 Å². The van der Waals surface area contributed by atoms with E-state index in [4.69, 9.17) is 0 Å². The summed E-state index contributed by atoms with van der Waals surface area (Å²) in [5.74, 6) is 0.854. The van der Waals surface area contributed by atoms with Crippen LogP contribution in [-0.2, 0) is 0 Å². The van der Waals surface area contributed by atoms with Crippen LogP contribution in [0, 0.1) is 0 Å². The minimum Gasteiger partial charge on any atom is -0.381 e. The summed E-state index contributed by atoms with van der Waals surface area (Å²) in [4.78, 5) is -3.17. The lowest BCUT2D eigenvalue weighted by molar-refractivity contribution is -0.120. The van der Waals surface area contributed by atoms with Crippen molar-refractivity contribution in [3.8, 4) is 0 Å². The third-order valence-electron chi connectivity index (χ3n) is 2.23. The van der Waals surface area contributed by atoms with Crippen molar-refractivity contribution >= 4 is 27.7 Å². The lowest BCUT2D eigenvalue weighted by Crippen LogP contribution is -2.53. The van der Waals surface area contributed by atoms with Gasteiger partial charge in [0, 0.05) is 5.25 Å². The molecule has 0 aliphatic carbocycles. The maximum absolute atomic E-state index is 12.9. The van der Waals surface area contributed by atoms with Gasteiger partial charge < -0.3 is 5.11 Å². The van der Waals surface area contributed by atoms with Crippen LogP contribution >= 0.6 is 27.7 Å². The molecule has 1 rings (SSSR count). The van der Waals surface area contributed by atoms with Crippen molar-refractivity contribution in [2.24, 2.45) is 0 Å². The first-order chi connectivity index (χ1) is 5.38. The van der Waals surface area contributed by atoms with Gasteiger partial charge in [0.15, 0.2) is 0 Å². The number of hydrogen-bond donors (Lipinski definition) is 1. The topological polar surface area (TPSA) is 20.2 Å². The molecule has 1 saturated heterocycles. The zero-order chi connectivity index (χ0) is 9.41. The normalized spacial score (nSPS) is 38.2. The van der Waals surface area contributed by atoms with Crippen LogP contribution in [-0.4, -0.2) is 26.5 Å². The Bertz CT molecular complexity index is 173. The number of aliphatic hydroxyl groups is 1. The minimum atomic E-state index is -3.17.